The molecule has 0 aliphatic carbocycles. The Morgan fingerprint density at radius 1 is 1.24 bits per heavy atom. The second kappa shape index (κ2) is 8.39. The van der Waals surface area contributed by atoms with Gasteiger partial charge in [-0.1, -0.05) is 29.8 Å². The molecule has 33 heavy (non-hydrogen) atoms. The van der Waals surface area contributed by atoms with Crippen LogP contribution in [0.3, 0.4) is 0 Å². The van der Waals surface area contributed by atoms with Gasteiger partial charge in [-0.15, -0.1) is 0 Å². The Morgan fingerprint density at radius 3 is 2.67 bits per heavy atom. The van der Waals surface area contributed by atoms with Gasteiger partial charge in [-0.25, -0.2) is 18.2 Å². The van der Waals surface area contributed by atoms with Gasteiger partial charge in [0.05, 0.1) is 27.3 Å². The summed E-state index contributed by atoms with van der Waals surface area (Å²) in [7, 11) is 1.47. The van der Waals surface area contributed by atoms with Crippen LogP contribution in [0.25, 0.3) is 10.9 Å². The third-order valence-corrected chi connectivity index (χ3v) is 6.47. The molecule has 172 valence electrons. The number of rotatable bonds is 4. The normalized spacial score (nSPS) is 18.1. The SMILES string of the molecule is C=C(F)C(=O)N1CC[C@@](Nc2cc(F)c3ncn(C)c(=O)c3c2)(c2c(F)ccc(Cl)c2Cl)C1. The van der Waals surface area contributed by atoms with Crippen molar-refractivity contribution < 1.29 is 18.0 Å². The van der Waals surface area contributed by atoms with Crippen LogP contribution in [0.15, 0.2) is 47.8 Å². The molecule has 0 spiro atoms. The molecule has 1 aliphatic rings. The maximum absolute atomic E-state index is 15.1. The number of halogens is 5. The van der Waals surface area contributed by atoms with Crippen molar-refractivity contribution >= 4 is 45.7 Å². The first kappa shape index (κ1) is 23.1. The van der Waals surface area contributed by atoms with E-state index in [1.165, 1.54) is 30.1 Å². The monoisotopic (exact) mass is 496 g/mol. The molecule has 1 amide bonds. The van der Waals surface area contributed by atoms with E-state index in [0.717, 1.165) is 17.0 Å². The van der Waals surface area contributed by atoms with Crippen molar-refractivity contribution in [2.45, 2.75) is 12.0 Å². The van der Waals surface area contributed by atoms with Crippen LogP contribution in [0.5, 0.6) is 0 Å². The molecule has 1 fully saturated rings. The number of benzene rings is 2. The van der Waals surface area contributed by atoms with Crippen LogP contribution in [-0.2, 0) is 17.4 Å². The van der Waals surface area contributed by atoms with Crippen LogP contribution in [0.4, 0.5) is 18.9 Å². The number of nitrogens with zero attached hydrogens (tertiary/aromatic N) is 3. The lowest BCUT2D eigenvalue weighted by Crippen LogP contribution is -2.41. The zero-order valence-corrected chi connectivity index (χ0v) is 18.8. The van der Waals surface area contributed by atoms with Gasteiger partial charge in [0.25, 0.3) is 11.5 Å². The highest BCUT2D eigenvalue weighted by Gasteiger charge is 2.45. The molecule has 0 saturated carbocycles. The molecule has 2 heterocycles. The molecule has 0 unspecified atom stereocenters. The van der Waals surface area contributed by atoms with E-state index in [0.29, 0.717) is 0 Å². The highest BCUT2D eigenvalue weighted by molar-refractivity contribution is 6.42. The molecule has 1 aromatic heterocycles. The van der Waals surface area contributed by atoms with Gasteiger partial charge in [-0.3, -0.25) is 9.59 Å². The topological polar surface area (TPSA) is 67.2 Å². The molecule has 1 N–H and O–H groups in total. The lowest BCUT2D eigenvalue weighted by Gasteiger charge is -2.33. The summed E-state index contributed by atoms with van der Waals surface area (Å²) in [6.45, 7) is 2.85. The summed E-state index contributed by atoms with van der Waals surface area (Å²) in [5.41, 5.74) is -1.95. The fourth-order valence-electron chi connectivity index (χ4n) is 4.12. The summed E-state index contributed by atoms with van der Waals surface area (Å²) in [6, 6.07) is 4.88. The third kappa shape index (κ3) is 3.95. The van der Waals surface area contributed by atoms with E-state index in [4.69, 9.17) is 23.2 Å². The van der Waals surface area contributed by atoms with Crippen molar-refractivity contribution in [1.29, 1.82) is 0 Å². The Balaban J connectivity index is 1.88. The van der Waals surface area contributed by atoms with E-state index < -0.39 is 34.5 Å². The molecule has 0 bridgehead atoms. The number of carbonyl (C=O) groups excluding carboxylic acids is 1. The lowest BCUT2D eigenvalue weighted by atomic mass is 9.87. The van der Waals surface area contributed by atoms with E-state index in [1.54, 1.807) is 0 Å². The van der Waals surface area contributed by atoms with E-state index in [9.17, 15) is 18.4 Å². The van der Waals surface area contributed by atoms with Crippen LogP contribution in [0, 0.1) is 11.6 Å². The summed E-state index contributed by atoms with van der Waals surface area (Å²) >= 11 is 12.5. The minimum Gasteiger partial charge on any atom is -0.373 e. The first-order chi connectivity index (χ1) is 15.5. The van der Waals surface area contributed by atoms with Gasteiger partial charge in [0.1, 0.15) is 11.3 Å². The standard InChI is InChI=1S/C22H17Cl2F3N4O2/c1-11(25)20(32)31-6-5-22(9-31,17-15(26)4-3-14(23)18(17)24)29-12-7-13-19(16(27)8-12)28-10-30(2)21(13)33/h3-4,7-8,10,29H,1,5-6,9H2,2H3/t22-/m0/s1. The number of fused-ring (bicyclic) bond motifs is 1. The smallest absolute Gasteiger partial charge is 0.282 e. The van der Waals surface area contributed by atoms with E-state index >= 15 is 4.39 Å². The minimum atomic E-state index is -1.40. The number of aromatic nitrogens is 2. The van der Waals surface area contributed by atoms with Gasteiger partial charge in [-0.2, -0.15) is 0 Å². The molecule has 3 aromatic rings. The van der Waals surface area contributed by atoms with Gasteiger partial charge < -0.3 is 14.8 Å². The van der Waals surface area contributed by atoms with Crippen molar-refractivity contribution in [2.75, 3.05) is 18.4 Å². The van der Waals surface area contributed by atoms with Crippen LogP contribution in [-0.4, -0.2) is 33.4 Å². The summed E-state index contributed by atoms with van der Waals surface area (Å²) < 4.78 is 44.6. The number of aryl methyl sites for hydroxylation is 1. The van der Waals surface area contributed by atoms with Crippen molar-refractivity contribution in [3.8, 4) is 0 Å². The largest absolute Gasteiger partial charge is 0.373 e. The Hall–Kier alpha value is -3.04. The molecule has 11 heteroatoms. The number of anilines is 1. The highest BCUT2D eigenvalue weighted by atomic mass is 35.5. The zero-order chi connectivity index (χ0) is 24.1. The Bertz CT molecular complexity index is 1380. The molecule has 1 saturated heterocycles. The van der Waals surface area contributed by atoms with E-state index in [2.05, 4.69) is 16.9 Å². The fourth-order valence-corrected chi connectivity index (χ4v) is 4.61. The second-order valence-corrected chi connectivity index (χ2v) is 8.61. The van der Waals surface area contributed by atoms with Crippen LogP contribution in [0.1, 0.15) is 12.0 Å². The fraction of sp³-hybridized carbons (Fsp3) is 0.227. The maximum Gasteiger partial charge on any atom is 0.282 e. The molecular formula is C22H17Cl2F3N4O2. The van der Waals surface area contributed by atoms with Gasteiger partial charge >= 0.3 is 0 Å². The average molecular weight is 497 g/mol. The number of carbonyl (C=O) groups is 1. The number of amides is 1. The van der Waals surface area contributed by atoms with Gasteiger partial charge in [0.2, 0.25) is 0 Å². The quantitative estimate of drug-likeness (QED) is 0.425. The minimum absolute atomic E-state index is 0.00150. The van der Waals surface area contributed by atoms with Crippen LogP contribution < -0.4 is 10.9 Å². The zero-order valence-electron chi connectivity index (χ0n) is 17.3. The maximum atomic E-state index is 15.1. The molecule has 6 nitrogen and oxygen atoms in total. The molecule has 2 aromatic carbocycles. The molecular weight excluding hydrogens is 480 g/mol. The second-order valence-electron chi connectivity index (χ2n) is 7.82. The van der Waals surface area contributed by atoms with Gasteiger partial charge in [-0.05, 0) is 30.7 Å². The first-order valence-corrected chi connectivity index (χ1v) is 10.5. The molecule has 1 atom stereocenters. The van der Waals surface area contributed by atoms with E-state index in [-0.39, 0.29) is 51.7 Å². The molecule has 1 aliphatic heterocycles. The molecule has 4 rings (SSSR count). The lowest BCUT2D eigenvalue weighted by molar-refractivity contribution is -0.127. The first-order valence-electron chi connectivity index (χ1n) is 9.75. The van der Waals surface area contributed by atoms with Crippen molar-refractivity contribution in [1.82, 2.24) is 14.5 Å². The summed E-state index contributed by atoms with van der Waals surface area (Å²) in [6.07, 6.45) is 1.29. The number of nitrogens with one attached hydrogen (secondary N) is 1. The van der Waals surface area contributed by atoms with Crippen molar-refractivity contribution in [3.63, 3.8) is 0 Å². The van der Waals surface area contributed by atoms with Gasteiger partial charge in [0, 0.05) is 31.4 Å². The average Bonchev–Trinajstić information content (AvgIpc) is 3.17. The van der Waals surface area contributed by atoms with Gasteiger partial charge in [0.15, 0.2) is 11.6 Å². The van der Waals surface area contributed by atoms with E-state index in [1.807, 2.05) is 0 Å². The van der Waals surface area contributed by atoms with Crippen LogP contribution >= 0.6 is 23.2 Å². The predicted molar refractivity (Wildman–Crippen MR) is 120 cm³/mol. The predicted octanol–water partition coefficient (Wildman–Crippen LogP) is 4.54. The molecule has 0 radical (unpaired) electrons. The summed E-state index contributed by atoms with van der Waals surface area (Å²) in [5.74, 6) is -3.62. The highest BCUT2D eigenvalue weighted by Crippen LogP contribution is 2.43. The Labute approximate surface area is 196 Å². The van der Waals surface area contributed by atoms with Crippen molar-refractivity contribution in [2.24, 2.45) is 7.05 Å². The number of likely N-dealkylation sites (tertiary alicyclic amines) is 1. The Morgan fingerprint density at radius 2 is 1.97 bits per heavy atom. The Kier molecular flexibility index (Phi) is 5.88. The number of hydrogen-bond acceptors (Lipinski definition) is 4. The van der Waals surface area contributed by atoms with Crippen LogP contribution in [0.2, 0.25) is 10.0 Å². The summed E-state index contributed by atoms with van der Waals surface area (Å²) in [5, 5.41) is 3.00. The summed E-state index contributed by atoms with van der Waals surface area (Å²) in [4.78, 5) is 29.8. The third-order valence-electron chi connectivity index (χ3n) is 5.67. The van der Waals surface area contributed by atoms with Crippen molar-refractivity contribution in [3.05, 3.63) is 80.6 Å². The number of hydrogen-bond donors (Lipinski definition) is 1.